The molecule has 2 aliphatic carbocycles. The van der Waals surface area contributed by atoms with Crippen LogP contribution in [0.15, 0.2) is 51.4 Å². The van der Waals surface area contributed by atoms with Crippen molar-refractivity contribution in [2.45, 2.75) is 33.1 Å². The first kappa shape index (κ1) is 23.6. The van der Waals surface area contributed by atoms with Crippen molar-refractivity contribution < 1.29 is 17.8 Å². The van der Waals surface area contributed by atoms with E-state index in [0.29, 0.717) is 40.7 Å². The average molecular weight is 563 g/mol. The Morgan fingerprint density at radius 3 is 2.79 bits per heavy atom. The van der Waals surface area contributed by atoms with E-state index in [0.717, 1.165) is 15.8 Å². The molecule has 0 unspecified atom stereocenters. The summed E-state index contributed by atoms with van der Waals surface area (Å²) in [6.07, 6.45) is 2.10. The van der Waals surface area contributed by atoms with Crippen LogP contribution in [0.5, 0.6) is 0 Å². The Morgan fingerprint density at radius 2 is 2.12 bits per heavy atom. The van der Waals surface area contributed by atoms with E-state index in [9.17, 15) is 17.8 Å². The molecule has 1 amide bonds. The number of pyridine rings is 1. The van der Waals surface area contributed by atoms with Crippen molar-refractivity contribution in [3.8, 4) is 10.6 Å². The molecule has 5 rings (SSSR count). The molecular formula is C24H24BrN3O4S2. The second-order valence-corrected chi connectivity index (χ2v) is 13.0. The maximum atomic E-state index is 13.4. The zero-order chi connectivity index (χ0) is 24.3. The van der Waals surface area contributed by atoms with E-state index in [1.54, 1.807) is 17.4 Å². The number of rotatable bonds is 5. The molecule has 0 aliphatic heterocycles. The van der Waals surface area contributed by atoms with Gasteiger partial charge in [0.15, 0.2) is 0 Å². The van der Waals surface area contributed by atoms with Gasteiger partial charge in [0, 0.05) is 21.0 Å². The van der Waals surface area contributed by atoms with Crippen LogP contribution in [-0.4, -0.2) is 35.3 Å². The van der Waals surface area contributed by atoms with Crippen LogP contribution < -0.4 is 5.43 Å². The van der Waals surface area contributed by atoms with Gasteiger partial charge in [-0.25, -0.2) is 10.4 Å². The summed E-state index contributed by atoms with van der Waals surface area (Å²) in [5.41, 5.74) is 4.03. The molecule has 2 aromatic heterocycles. The van der Waals surface area contributed by atoms with Crippen molar-refractivity contribution in [2.24, 2.45) is 21.8 Å². The molecule has 0 radical (unpaired) electrons. The zero-order valence-electron chi connectivity index (χ0n) is 18.7. The lowest BCUT2D eigenvalue weighted by Gasteiger charge is -2.37. The fraction of sp³-hybridized carbons (Fsp3) is 0.375. The van der Waals surface area contributed by atoms with E-state index >= 15 is 0 Å². The summed E-state index contributed by atoms with van der Waals surface area (Å²) in [6.45, 7) is 4.06. The molecule has 1 aromatic carbocycles. The Hall–Kier alpha value is -2.14. The van der Waals surface area contributed by atoms with Crippen molar-refractivity contribution >= 4 is 59.9 Å². The number of thiophene rings is 1. The Morgan fingerprint density at radius 1 is 1.32 bits per heavy atom. The molecule has 3 aromatic rings. The largest absolute Gasteiger partial charge is 0.286 e. The highest BCUT2D eigenvalue weighted by atomic mass is 79.9. The number of hydrogen-bond donors (Lipinski definition) is 2. The molecule has 178 valence electrons. The highest BCUT2D eigenvalue weighted by Crippen LogP contribution is 2.64. The van der Waals surface area contributed by atoms with Gasteiger partial charge >= 0.3 is 0 Å². The van der Waals surface area contributed by atoms with Crippen LogP contribution in [-0.2, 0) is 10.1 Å². The van der Waals surface area contributed by atoms with Crippen LogP contribution in [0.4, 0.5) is 0 Å². The minimum atomic E-state index is -4.22. The number of fused-ring (bicyclic) bond motifs is 3. The summed E-state index contributed by atoms with van der Waals surface area (Å²) in [7, 11) is -4.22. The number of nitrogens with one attached hydrogen (secondary N) is 1. The predicted molar refractivity (Wildman–Crippen MR) is 138 cm³/mol. The standard InChI is InChI=1S/C24H24BrN3O4S2/c1-23(2)14-7-8-24(23,13-34(30,31)32)21(10-14)27-28-22(29)17-12-19(20-4-3-9-33-20)26-18-6-5-15(25)11-16(17)18/h3-6,9,11-12,14H,7-8,10,13H2,1-2H3,(H,28,29)(H,30,31,32)/t14-,24+/m0/s1. The van der Waals surface area contributed by atoms with Gasteiger partial charge in [-0.2, -0.15) is 13.5 Å². The Labute approximate surface area is 210 Å². The molecule has 2 bridgehead atoms. The number of amides is 1. The number of halogens is 1. The first-order chi connectivity index (χ1) is 16.0. The molecular weight excluding hydrogens is 538 g/mol. The summed E-state index contributed by atoms with van der Waals surface area (Å²) >= 11 is 5.01. The molecule has 2 heterocycles. The molecule has 2 aliphatic rings. The van der Waals surface area contributed by atoms with Crippen molar-refractivity contribution in [3.63, 3.8) is 0 Å². The first-order valence-corrected chi connectivity index (χ1v) is 14.3. The second-order valence-electron chi connectivity index (χ2n) is 9.66. The zero-order valence-corrected chi connectivity index (χ0v) is 21.9. The van der Waals surface area contributed by atoms with Gasteiger partial charge in [0.05, 0.1) is 27.4 Å². The van der Waals surface area contributed by atoms with Gasteiger partial charge in [0.2, 0.25) is 0 Å². The number of benzene rings is 1. The van der Waals surface area contributed by atoms with Crippen LogP contribution in [0, 0.1) is 16.7 Å². The summed E-state index contributed by atoms with van der Waals surface area (Å²) < 4.78 is 34.3. The Kier molecular flexibility index (Phi) is 5.70. The van der Waals surface area contributed by atoms with E-state index in [1.165, 1.54) is 0 Å². The van der Waals surface area contributed by atoms with E-state index in [2.05, 4.69) is 26.5 Å². The lowest BCUT2D eigenvalue weighted by atomic mass is 9.70. The number of hydrazone groups is 1. The predicted octanol–water partition coefficient (Wildman–Crippen LogP) is 5.53. The van der Waals surface area contributed by atoms with Crippen molar-refractivity contribution in [2.75, 3.05) is 5.75 Å². The molecule has 2 fully saturated rings. The summed E-state index contributed by atoms with van der Waals surface area (Å²) in [4.78, 5) is 19.1. The van der Waals surface area contributed by atoms with Gasteiger partial charge in [0.25, 0.3) is 16.0 Å². The minimum absolute atomic E-state index is 0.257. The number of nitrogens with zero attached hydrogens (tertiary/aromatic N) is 2. The van der Waals surface area contributed by atoms with Gasteiger partial charge in [-0.05, 0) is 66.3 Å². The fourth-order valence-corrected chi connectivity index (χ4v) is 8.07. The summed E-state index contributed by atoms with van der Waals surface area (Å²) in [5.74, 6) is -0.516. The lowest BCUT2D eigenvalue weighted by Crippen LogP contribution is -2.43. The third kappa shape index (κ3) is 3.90. The molecule has 34 heavy (non-hydrogen) atoms. The first-order valence-electron chi connectivity index (χ1n) is 11.0. The molecule has 2 atom stereocenters. The Bertz CT molecular complexity index is 1430. The van der Waals surface area contributed by atoms with E-state index in [1.807, 2.05) is 49.6 Å². The maximum Gasteiger partial charge on any atom is 0.272 e. The number of aromatic nitrogens is 1. The summed E-state index contributed by atoms with van der Waals surface area (Å²) in [5, 5.41) is 7.11. The molecule has 2 N–H and O–H groups in total. The third-order valence-electron chi connectivity index (χ3n) is 7.68. The third-order valence-corrected chi connectivity index (χ3v) is 9.92. The van der Waals surface area contributed by atoms with Gasteiger partial charge < -0.3 is 0 Å². The van der Waals surface area contributed by atoms with Gasteiger partial charge in [-0.15, -0.1) is 11.3 Å². The monoisotopic (exact) mass is 561 g/mol. The average Bonchev–Trinajstić information content (AvgIpc) is 3.42. The van der Waals surface area contributed by atoms with Crippen molar-refractivity contribution in [1.29, 1.82) is 0 Å². The van der Waals surface area contributed by atoms with Gasteiger partial charge in [0.1, 0.15) is 0 Å². The SMILES string of the molecule is CC1(C)[C@H]2CC[C@@]1(CS(=O)(=O)O)C(=NNC(=O)c1cc(-c3cccs3)nc3ccc(Br)cc13)C2. The van der Waals surface area contributed by atoms with Crippen LogP contribution in [0.2, 0.25) is 0 Å². The van der Waals surface area contributed by atoms with Crippen molar-refractivity contribution in [1.82, 2.24) is 10.4 Å². The molecule has 2 saturated carbocycles. The topological polar surface area (TPSA) is 109 Å². The molecule has 7 nitrogen and oxygen atoms in total. The van der Waals surface area contributed by atoms with Gasteiger partial charge in [-0.1, -0.05) is 35.8 Å². The van der Waals surface area contributed by atoms with Crippen LogP contribution in [0.25, 0.3) is 21.5 Å². The highest BCUT2D eigenvalue weighted by Gasteiger charge is 2.64. The van der Waals surface area contributed by atoms with E-state index in [-0.39, 0.29) is 17.1 Å². The fourth-order valence-electron chi connectivity index (χ4n) is 5.72. The number of hydrogen-bond acceptors (Lipinski definition) is 6. The van der Waals surface area contributed by atoms with E-state index in [4.69, 9.17) is 4.98 Å². The number of carbonyl (C=O) groups excluding carboxylic acids is 1. The second kappa shape index (κ2) is 8.22. The van der Waals surface area contributed by atoms with Crippen LogP contribution in [0.1, 0.15) is 43.5 Å². The molecule has 10 heteroatoms. The smallest absolute Gasteiger partial charge is 0.272 e. The van der Waals surface area contributed by atoms with Crippen molar-refractivity contribution in [3.05, 3.63) is 51.8 Å². The van der Waals surface area contributed by atoms with E-state index < -0.39 is 21.4 Å². The number of carbonyl (C=O) groups is 1. The minimum Gasteiger partial charge on any atom is -0.286 e. The Balaban J connectivity index is 1.54. The highest BCUT2D eigenvalue weighted by molar-refractivity contribution is 9.10. The van der Waals surface area contributed by atoms with Crippen LogP contribution >= 0.6 is 27.3 Å². The molecule has 0 spiro atoms. The lowest BCUT2D eigenvalue weighted by molar-refractivity contribution is 0.0955. The summed E-state index contributed by atoms with van der Waals surface area (Å²) in [6, 6.07) is 11.2. The van der Waals surface area contributed by atoms with Gasteiger partial charge in [-0.3, -0.25) is 9.35 Å². The normalized spacial score (nSPS) is 24.7. The maximum absolute atomic E-state index is 13.4. The van der Waals surface area contributed by atoms with Crippen LogP contribution in [0.3, 0.4) is 0 Å². The quantitative estimate of drug-likeness (QED) is 0.314. The molecule has 0 saturated heterocycles.